The van der Waals surface area contributed by atoms with Gasteiger partial charge >= 0.3 is 0 Å². The molecule has 23 heavy (non-hydrogen) atoms. The third kappa shape index (κ3) is 3.07. The molecule has 2 aliphatic heterocycles. The van der Waals surface area contributed by atoms with Crippen molar-refractivity contribution in [2.75, 3.05) is 30.3 Å². The Morgan fingerprint density at radius 1 is 1.30 bits per heavy atom. The van der Waals surface area contributed by atoms with E-state index in [0.29, 0.717) is 37.4 Å². The van der Waals surface area contributed by atoms with Crippen LogP contribution in [-0.2, 0) is 21.2 Å². The van der Waals surface area contributed by atoms with Crippen molar-refractivity contribution in [2.45, 2.75) is 32.4 Å². The topological polar surface area (TPSA) is 66.9 Å². The lowest BCUT2D eigenvalue weighted by Crippen LogP contribution is -2.50. The predicted octanol–water partition coefficient (Wildman–Crippen LogP) is 1.26. The molecule has 0 radical (unpaired) electrons. The summed E-state index contributed by atoms with van der Waals surface area (Å²) in [5.41, 5.74) is 2.21. The van der Waals surface area contributed by atoms with Crippen LogP contribution in [-0.4, -0.2) is 57.3 Å². The van der Waals surface area contributed by atoms with Crippen molar-refractivity contribution in [3.8, 4) is 0 Å². The molecule has 1 fully saturated rings. The molecule has 0 aliphatic carbocycles. The van der Waals surface area contributed by atoms with Gasteiger partial charge in [-0.2, -0.15) is 0 Å². The molecule has 126 valence electrons. The summed E-state index contributed by atoms with van der Waals surface area (Å²) in [7, 11) is -3.26. The van der Waals surface area contributed by atoms with E-state index in [1.165, 1.54) is 10.6 Å². The molecular weight excluding hydrogens is 316 g/mol. The first-order chi connectivity index (χ1) is 10.8. The Morgan fingerprint density at radius 3 is 2.74 bits per heavy atom. The Labute approximate surface area is 137 Å². The molecule has 0 unspecified atom stereocenters. The van der Waals surface area contributed by atoms with Gasteiger partial charge in [0.05, 0.1) is 30.7 Å². The van der Waals surface area contributed by atoms with Crippen LogP contribution >= 0.6 is 0 Å². The number of fused-ring (bicyclic) bond motifs is 1. The molecule has 3 rings (SSSR count). The second kappa shape index (κ2) is 5.79. The van der Waals surface area contributed by atoms with Crippen molar-refractivity contribution < 1.29 is 17.9 Å². The quantitative estimate of drug-likeness (QED) is 0.814. The zero-order chi connectivity index (χ0) is 16.8. The molecule has 6 nitrogen and oxygen atoms in total. The number of morpholine rings is 1. The summed E-state index contributed by atoms with van der Waals surface area (Å²) < 4.78 is 30.5. The van der Waals surface area contributed by atoms with Gasteiger partial charge in [-0.3, -0.25) is 9.10 Å². The SMILES string of the molecule is C[C@@H]1CN(C(=O)c2ccc3c(c2)CCN3S(C)(=O)=O)[C@H](C)CO1. The number of sulfonamides is 1. The normalized spacial score (nSPS) is 24.7. The summed E-state index contributed by atoms with van der Waals surface area (Å²) in [5.74, 6) is -0.0201. The van der Waals surface area contributed by atoms with E-state index in [1.807, 2.05) is 24.8 Å². The molecule has 0 spiro atoms. The lowest BCUT2D eigenvalue weighted by molar-refractivity contribution is -0.0387. The number of hydrogen-bond donors (Lipinski definition) is 0. The van der Waals surface area contributed by atoms with Gasteiger partial charge in [-0.05, 0) is 44.0 Å². The van der Waals surface area contributed by atoms with Crippen molar-refractivity contribution in [1.82, 2.24) is 4.90 Å². The number of carbonyl (C=O) groups is 1. The van der Waals surface area contributed by atoms with Crippen LogP contribution in [0.3, 0.4) is 0 Å². The van der Waals surface area contributed by atoms with Crippen LogP contribution in [0.1, 0.15) is 29.8 Å². The highest BCUT2D eigenvalue weighted by molar-refractivity contribution is 7.92. The number of hydrogen-bond acceptors (Lipinski definition) is 4. The summed E-state index contributed by atoms with van der Waals surface area (Å²) in [6.07, 6.45) is 1.88. The fraction of sp³-hybridized carbons (Fsp3) is 0.562. The van der Waals surface area contributed by atoms with E-state index in [1.54, 1.807) is 12.1 Å². The Bertz CT molecular complexity index is 732. The zero-order valence-corrected chi connectivity index (χ0v) is 14.5. The number of amides is 1. The van der Waals surface area contributed by atoms with Gasteiger partial charge in [-0.15, -0.1) is 0 Å². The molecule has 0 N–H and O–H groups in total. The van der Waals surface area contributed by atoms with E-state index in [2.05, 4.69) is 0 Å². The number of anilines is 1. The molecule has 1 aromatic rings. The molecule has 2 aliphatic rings. The van der Waals surface area contributed by atoms with Crippen LogP contribution in [0.25, 0.3) is 0 Å². The smallest absolute Gasteiger partial charge is 0.254 e. The first kappa shape index (κ1) is 16.3. The second-order valence-corrected chi connectivity index (χ2v) is 8.29. The molecule has 0 bridgehead atoms. The Kier molecular flexibility index (Phi) is 4.10. The maximum Gasteiger partial charge on any atom is 0.254 e. The van der Waals surface area contributed by atoms with Crippen LogP contribution in [0.4, 0.5) is 5.69 Å². The fourth-order valence-electron chi connectivity index (χ4n) is 3.20. The first-order valence-corrected chi connectivity index (χ1v) is 9.65. The summed E-state index contributed by atoms with van der Waals surface area (Å²) in [6, 6.07) is 5.33. The Morgan fingerprint density at radius 2 is 2.04 bits per heavy atom. The Hall–Kier alpha value is -1.60. The van der Waals surface area contributed by atoms with Crippen molar-refractivity contribution in [3.05, 3.63) is 29.3 Å². The molecule has 0 saturated carbocycles. The van der Waals surface area contributed by atoms with E-state index >= 15 is 0 Å². The van der Waals surface area contributed by atoms with Crippen LogP contribution < -0.4 is 4.31 Å². The van der Waals surface area contributed by atoms with Crippen LogP contribution in [0.2, 0.25) is 0 Å². The number of nitrogens with zero attached hydrogens (tertiary/aromatic N) is 2. The van der Waals surface area contributed by atoms with Crippen molar-refractivity contribution in [1.29, 1.82) is 0 Å². The van der Waals surface area contributed by atoms with Crippen molar-refractivity contribution in [3.63, 3.8) is 0 Å². The summed E-state index contributed by atoms with van der Waals surface area (Å²) in [5, 5.41) is 0. The minimum atomic E-state index is -3.26. The second-order valence-electron chi connectivity index (χ2n) is 6.38. The van der Waals surface area contributed by atoms with E-state index in [4.69, 9.17) is 4.74 Å². The molecule has 7 heteroatoms. The number of ether oxygens (including phenoxy) is 1. The van der Waals surface area contributed by atoms with E-state index in [-0.39, 0.29) is 18.1 Å². The highest BCUT2D eigenvalue weighted by atomic mass is 32.2. The summed E-state index contributed by atoms with van der Waals surface area (Å²) in [6.45, 7) is 5.49. The summed E-state index contributed by atoms with van der Waals surface area (Å²) >= 11 is 0. The zero-order valence-electron chi connectivity index (χ0n) is 13.7. The average Bonchev–Trinajstić information content (AvgIpc) is 2.92. The third-order valence-corrected chi connectivity index (χ3v) is 5.63. The molecule has 0 aromatic heterocycles. The van der Waals surface area contributed by atoms with Crippen LogP contribution in [0.5, 0.6) is 0 Å². The van der Waals surface area contributed by atoms with E-state index in [9.17, 15) is 13.2 Å². The van der Waals surface area contributed by atoms with Crippen molar-refractivity contribution in [2.24, 2.45) is 0 Å². The minimum Gasteiger partial charge on any atom is -0.375 e. The van der Waals surface area contributed by atoms with Gasteiger partial charge in [-0.1, -0.05) is 0 Å². The number of carbonyl (C=O) groups excluding carboxylic acids is 1. The van der Waals surface area contributed by atoms with Crippen LogP contribution in [0.15, 0.2) is 18.2 Å². The van der Waals surface area contributed by atoms with Gasteiger partial charge in [0.2, 0.25) is 10.0 Å². The third-order valence-electron chi connectivity index (χ3n) is 4.45. The van der Waals surface area contributed by atoms with Gasteiger partial charge < -0.3 is 9.64 Å². The van der Waals surface area contributed by atoms with Gasteiger partial charge in [0.1, 0.15) is 0 Å². The van der Waals surface area contributed by atoms with Crippen LogP contribution in [0, 0.1) is 0 Å². The highest BCUT2D eigenvalue weighted by Gasteiger charge is 2.30. The highest BCUT2D eigenvalue weighted by Crippen LogP contribution is 2.31. The predicted molar refractivity (Wildman–Crippen MR) is 88.2 cm³/mol. The standard InChI is InChI=1S/C16H22N2O4S/c1-11-10-22-12(2)9-17(11)16(19)14-4-5-15-13(8-14)6-7-18(15)23(3,20)21/h4-5,8,11-12H,6-7,9-10H2,1-3H3/t11-,12-/m1/s1. The molecule has 2 atom stereocenters. The average molecular weight is 338 g/mol. The molecule has 1 saturated heterocycles. The fourth-order valence-corrected chi connectivity index (χ4v) is 4.16. The van der Waals surface area contributed by atoms with Gasteiger partial charge in [-0.25, -0.2) is 8.42 Å². The maximum atomic E-state index is 12.8. The lowest BCUT2D eigenvalue weighted by Gasteiger charge is -2.37. The number of rotatable bonds is 2. The summed E-state index contributed by atoms with van der Waals surface area (Å²) in [4.78, 5) is 14.6. The maximum absolute atomic E-state index is 12.8. The Balaban J connectivity index is 1.87. The van der Waals surface area contributed by atoms with E-state index in [0.717, 1.165) is 5.56 Å². The van der Waals surface area contributed by atoms with Gasteiger partial charge in [0, 0.05) is 18.7 Å². The van der Waals surface area contributed by atoms with Crippen molar-refractivity contribution >= 4 is 21.6 Å². The number of benzene rings is 1. The van der Waals surface area contributed by atoms with Gasteiger partial charge in [0.15, 0.2) is 0 Å². The van der Waals surface area contributed by atoms with Gasteiger partial charge in [0.25, 0.3) is 5.91 Å². The monoisotopic (exact) mass is 338 g/mol. The molecule has 1 aromatic carbocycles. The lowest BCUT2D eigenvalue weighted by atomic mass is 10.1. The minimum absolute atomic E-state index is 0.0201. The molecular formula is C16H22N2O4S. The molecule has 2 heterocycles. The molecule has 1 amide bonds. The van der Waals surface area contributed by atoms with E-state index < -0.39 is 10.0 Å². The largest absolute Gasteiger partial charge is 0.375 e. The first-order valence-electron chi connectivity index (χ1n) is 7.80.